The SMILES string of the molecule is O=C1OC(Sc2ccccc2)C(Br)=C1Br. The molecule has 78 valence electrons. The lowest BCUT2D eigenvalue weighted by Gasteiger charge is -2.09. The molecule has 1 aromatic carbocycles. The number of esters is 1. The van der Waals surface area contributed by atoms with Crippen molar-refractivity contribution in [1.29, 1.82) is 0 Å². The minimum Gasteiger partial charge on any atom is -0.441 e. The van der Waals surface area contributed by atoms with Crippen molar-refractivity contribution in [2.75, 3.05) is 0 Å². The first-order valence-electron chi connectivity index (χ1n) is 4.16. The summed E-state index contributed by atoms with van der Waals surface area (Å²) in [6.45, 7) is 0. The van der Waals surface area contributed by atoms with Gasteiger partial charge in [-0.05, 0) is 44.0 Å². The number of rotatable bonds is 2. The van der Waals surface area contributed by atoms with E-state index in [0.717, 1.165) is 9.38 Å². The number of thioether (sulfide) groups is 1. The van der Waals surface area contributed by atoms with E-state index >= 15 is 0 Å². The summed E-state index contributed by atoms with van der Waals surface area (Å²) in [4.78, 5) is 12.3. The van der Waals surface area contributed by atoms with E-state index < -0.39 is 0 Å². The Morgan fingerprint density at radius 2 is 1.87 bits per heavy atom. The molecule has 2 rings (SSSR count). The number of hydrogen-bond acceptors (Lipinski definition) is 3. The molecule has 2 nitrogen and oxygen atoms in total. The highest BCUT2D eigenvalue weighted by Gasteiger charge is 2.31. The molecule has 0 amide bonds. The number of carbonyl (C=O) groups excluding carboxylic acids is 1. The molecule has 0 saturated heterocycles. The second kappa shape index (κ2) is 4.72. The summed E-state index contributed by atoms with van der Waals surface area (Å²) in [5, 5.41) is 0. The minimum atomic E-state index is -0.324. The van der Waals surface area contributed by atoms with E-state index in [2.05, 4.69) is 31.9 Å². The minimum absolute atomic E-state index is 0.283. The third-order valence-corrected chi connectivity index (χ3v) is 5.28. The van der Waals surface area contributed by atoms with Crippen LogP contribution in [0.2, 0.25) is 0 Å². The maximum atomic E-state index is 11.2. The third-order valence-electron chi connectivity index (χ3n) is 1.80. The zero-order valence-corrected chi connectivity index (χ0v) is 11.4. The van der Waals surface area contributed by atoms with E-state index in [1.165, 1.54) is 11.8 Å². The van der Waals surface area contributed by atoms with Crippen LogP contribution in [0.4, 0.5) is 0 Å². The van der Waals surface area contributed by atoms with Gasteiger partial charge in [0.2, 0.25) is 0 Å². The number of ether oxygens (including phenoxy) is 1. The summed E-state index contributed by atoms with van der Waals surface area (Å²) in [7, 11) is 0. The van der Waals surface area contributed by atoms with Gasteiger partial charge in [-0.2, -0.15) is 0 Å². The number of hydrogen-bond donors (Lipinski definition) is 0. The van der Waals surface area contributed by atoms with Crippen LogP contribution in [0.1, 0.15) is 0 Å². The smallest absolute Gasteiger partial charge is 0.347 e. The second-order valence-corrected chi connectivity index (χ2v) is 5.61. The fourth-order valence-electron chi connectivity index (χ4n) is 1.10. The average molecular weight is 350 g/mol. The van der Waals surface area contributed by atoms with Crippen LogP contribution in [-0.4, -0.2) is 11.4 Å². The van der Waals surface area contributed by atoms with Gasteiger partial charge in [0, 0.05) is 4.90 Å². The predicted octanol–water partition coefficient (Wildman–Crippen LogP) is 3.66. The van der Waals surface area contributed by atoms with Crippen molar-refractivity contribution >= 4 is 49.6 Å². The normalized spacial score (nSPS) is 20.7. The summed E-state index contributed by atoms with van der Waals surface area (Å²) in [6, 6.07) is 9.80. The van der Waals surface area contributed by atoms with Crippen LogP contribution >= 0.6 is 43.6 Å². The second-order valence-electron chi connectivity index (χ2n) is 2.83. The van der Waals surface area contributed by atoms with E-state index in [0.29, 0.717) is 4.48 Å². The molecule has 0 bridgehead atoms. The van der Waals surface area contributed by atoms with Crippen LogP contribution in [0.25, 0.3) is 0 Å². The van der Waals surface area contributed by atoms with Gasteiger partial charge in [-0.3, -0.25) is 0 Å². The van der Waals surface area contributed by atoms with Crippen molar-refractivity contribution in [1.82, 2.24) is 0 Å². The molecule has 1 aromatic rings. The van der Waals surface area contributed by atoms with Crippen molar-refractivity contribution in [2.24, 2.45) is 0 Å². The highest BCUT2D eigenvalue weighted by Crippen LogP contribution is 2.40. The Hall–Kier alpha value is -0.260. The summed E-state index contributed by atoms with van der Waals surface area (Å²) < 4.78 is 6.37. The highest BCUT2D eigenvalue weighted by molar-refractivity contribution is 9.14. The quantitative estimate of drug-likeness (QED) is 0.762. The monoisotopic (exact) mass is 348 g/mol. The predicted molar refractivity (Wildman–Crippen MR) is 67.1 cm³/mol. The highest BCUT2D eigenvalue weighted by atomic mass is 79.9. The van der Waals surface area contributed by atoms with Crippen molar-refractivity contribution in [3.63, 3.8) is 0 Å². The van der Waals surface area contributed by atoms with E-state index in [1.807, 2.05) is 30.3 Å². The Kier molecular flexibility index (Phi) is 3.53. The summed E-state index contributed by atoms with van der Waals surface area (Å²) in [6.07, 6.45) is 0. The number of benzene rings is 1. The van der Waals surface area contributed by atoms with Gasteiger partial charge in [0.25, 0.3) is 0 Å². The van der Waals surface area contributed by atoms with Crippen LogP contribution in [-0.2, 0) is 9.53 Å². The van der Waals surface area contributed by atoms with Gasteiger partial charge >= 0.3 is 5.97 Å². The largest absolute Gasteiger partial charge is 0.441 e. The van der Waals surface area contributed by atoms with Crippen molar-refractivity contribution in [3.05, 3.63) is 39.3 Å². The van der Waals surface area contributed by atoms with E-state index in [4.69, 9.17) is 4.74 Å². The van der Waals surface area contributed by atoms with Gasteiger partial charge < -0.3 is 4.74 Å². The number of halogens is 2. The Morgan fingerprint density at radius 1 is 1.20 bits per heavy atom. The number of carbonyl (C=O) groups is 1. The Morgan fingerprint density at radius 3 is 2.40 bits per heavy atom. The van der Waals surface area contributed by atoms with Gasteiger partial charge in [-0.15, -0.1) is 0 Å². The fourth-order valence-corrected chi connectivity index (χ4v) is 3.01. The van der Waals surface area contributed by atoms with Gasteiger partial charge in [-0.25, -0.2) is 4.79 Å². The Bertz CT molecular complexity index is 417. The molecule has 0 spiro atoms. The first-order chi connectivity index (χ1) is 7.18. The lowest BCUT2D eigenvalue weighted by molar-refractivity contribution is -0.136. The van der Waals surface area contributed by atoms with Crippen LogP contribution < -0.4 is 0 Å². The molecule has 15 heavy (non-hydrogen) atoms. The molecule has 0 saturated carbocycles. The van der Waals surface area contributed by atoms with Crippen molar-refractivity contribution in [3.8, 4) is 0 Å². The fraction of sp³-hybridized carbons (Fsp3) is 0.100. The summed E-state index contributed by atoms with van der Waals surface area (Å²) in [5.74, 6) is -0.324. The molecule has 1 heterocycles. The lowest BCUT2D eigenvalue weighted by atomic mass is 10.4. The maximum Gasteiger partial charge on any atom is 0.347 e. The topological polar surface area (TPSA) is 26.3 Å². The van der Waals surface area contributed by atoms with E-state index in [-0.39, 0.29) is 11.4 Å². The molecular weight excluding hydrogens is 344 g/mol. The van der Waals surface area contributed by atoms with Gasteiger partial charge in [0.05, 0.1) is 4.48 Å². The lowest BCUT2D eigenvalue weighted by Crippen LogP contribution is -2.04. The van der Waals surface area contributed by atoms with Crippen molar-refractivity contribution < 1.29 is 9.53 Å². The van der Waals surface area contributed by atoms with Crippen molar-refractivity contribution in [2.45, 2.75) is 10.3 Å². The van der Waals surface area contributed by atoms with Gasteiger partial charge in [-0.1, -0.05) is 30.0 Å². The van der Waals surface area contributed by atoms with E-state index in [1.54, 1.807) is 0 Å². The standard InChI is InChI=1S/C10H6Br2O2S/c11-7-8(12)10(14-9(7)13)15-6-4-2-1-3-5-6/h1-5,10H. The van der Waals surface area contributed by atoms with Gasteiger partial charge in [0.15, 0.2) is 5.44 Å². The Labute approximate surface area is 108 Å². The average Bonchev–Trinajstić information content (AvgIpc) is 2.48. The van der Waals surface area contributed by atoms with Crippen LogP contribution in [0.5, 0.6) is 0 Å². The zero-order valence-electron chi connectivity index (χ0n) is 7.44. The molecule has 1 unspecified atom stereocenters. The molecule has 1 aliphatic rings. The molecule has 0 fully saturated rings. The summed E-state index contributed by atoms with van der Waals surface area (Å²) >= 11 is 7.99. The van der Waals surface area contributed by atoms with E-state index in [9.17, 15) is 4.79 Å². The Balaban J connectivity index is 2.13. The molecule has 0 aliphatic carbocycles. The summed E-state index contributed by atoms with van der Waals surface area (Å²) in [5.41, 5.74) is -0.283. The molecule has 5 heteroatoms. The molecule has 1 atom stereocenters. The maximum absolute atomic E-state index is 11.2. The van der Waals surface area contributed by atoms with Crippen LogP contribution in [0.3, 0.4) is 0 Å². The van der Waals surface area contributed by atoms with Crippen LogP contribution in [0, 0.1) is 0 Å². The molecule has 0 N–H and O–H groups in total. The molecule has 0 radical (unpaired) electrons. The molecule has 0 aromatic heterocycles. The number of cyclic esters (lactones) is 1. The van der Waals surface area contributed by atoms with Gasteiger partial charge in [0.1, 0.15) is 4.48 Å². The third kappa shape index (κ3) is 2.46. The first-order valence-corrected chi connectivity index (χ1v) is 6.63. The molecule has 1 aliphatic heterocycles. The van der Waals surface area contributed by atoms with Crippen LogP contribution in [0.15, 0.2) is 44.2 Å². The first kappa shape index (κ1) is 11.2. The zero-order chi connectivity index (χ0) is 10.8. The molecular formula is C10H6Br2O2S.